The molecule has 0 radical (unpaired) electrons. The molecular formula is C7H12. The van der Waals surface area contributed by atoms with Crippen molar-refractivity contribution in [2.75, 3.05) is 0 Å². The Labute approximate surface area is 47.7 Å². The smallest absolute Gasteiger partial charge is 0.0303 e. The van der Waals surface area contributed by atoms with Gasteiger partial charge >= 0.3 is 0 Å². The van der Waals surface area contributed by atoms with Crippen molar-refractivity contribution in [2.24, 2.45) is 11.8 Å². The van der Waals surface area contributed by atoms with Gasteiger partial charge in [0.2, 0.25) is 0 Å². The van der Waals surface area contributed by atoms with E-state index in [-0.39, 0.29) is 12.3 Å². The summed E-state index contributed by atoms with van der Waals surface area (Å²) in [6.07, 6.45) is 4.17. The van der Waals surface area contributed by atoms with Crippen molar-refractivity contribution in [3.05, 3.63) is 0 Å². The highest BCUT2D eigenvalue weighted by atomic mass is 14.4. The summed E-state index contributed by atoms with van der Waals surface area (Å²) >= 11 is 0. The standard InChI is InChI=1S/C7H12/c1-2-7-4-3-6(1)5-7/h6-7H,1-5H2/i1D,6D. The van der Waals surface area contributed by atoms with E-state index in [1.165, 1.54) is 6.42 Å². The fraction of sp³-hybridized carbons (Fsp3) is 1.00. The minimum atomic E-state index is -0.315. The highest BCUT2D eigenvalue weighted by Gasteiger charge is 2.30. The summed E-state index contributed by atoms with van der Waals surface area (Å²) in [5.74, 6) is 0.426. The van der Waals surface area contributed by atoms with Crippen molar-refractivity contribution in [1.29, 1.82) is 0 Å². The molecule has 0 aromatic heterocycles. The zero-order valence-corrected chi connectivity index (χ0v) is 4.48. The summed E-state index contributed by atoms with van der Waals surface area (Å²) in [6.45, 7) is 0. The van der Waals surface area contributed by atoms with Crippen molar-refractivity contribution < 1.29 is 2.74 Å². The quantitative estimate of drug-likeness (QED) is 0.435. The van der Waals surface area contributed by atoms with Crippen LogP contribution >= 0.6 is 0 Å². The third-order valence-corrected chi connectivity index (χ3v) is 2.16. The maximum absolute atomic E-state index is 7.79. The lowest BCUT2D eigenvalue weighted by Gasteiger charge is -2.05. The molecule has 2 bridgehead atoms. The molecule has 2 saturated carbocycles. The molecule has 2 fully saturated rings. The largest absolute Gasteiger partial charge is 0.0502 e. The lowest BCUT2D eigenvalue weighted by molar-refractivity contribution is 0.480. The molecule has 7 heavy (non-hydrogen) atoms. The SMILES string of the molecule is [2H]C1CC2CCC1([2H])C2. The molecule has 2 aliphatic rings. The van der Waals surface area contributed by atoms with Crippen LogP contribution in [0.5, 0.6) is 0 Å². The first-order valence-corrected chi connectivity index (χ1v) is 3.13. The van der Waals surface area contributed by atoms with Crippen LogP contribution in [0.15, 0.2) is 0 Å². The number of rotatable bonds is 0. The van der Waals surface area contributed by atoms with Crippen molar-refractivity contribution in [2.45, 2.75) is 32.1 Å². The van der Waals surface area contributed by atoms with Crippen LogP contribution < -0.4 is 0 Å². The maximum atomic E-state index is 7.79. The maximum Gasteiger partial charge on any atom is 0.0303 e. The van der Waals surface area contributed by atoms with Gasteiger partial charge in [-0.3, -0.25) is 0 Å². The third-order valence-electron chi connectivity index (χ3n) is 2.16. The number of fused-ring (bicyclic) bond motifs is 2. The molecule has 0 aromatic carbocycles. The summed E-state index contributed by atoms with van der Waals surface area (Å²) in [4.78, 5) is 0. The van der Waals surface area contributed by atoms with Crippen LogP contribution in [0, 0.1) is 11.8 Å². The average molecular weight is 98.2 g/mol. The highest BCUT2D eigenvalue weighted by molar-refractivity contribution is 4.82. The number of hydrogen-bond donors (Lipinski definition) is 0. The molecular weight excluding hydrogens is 84.1 g/mol. The van der Waals surface area contributed by atoms with Crippen LogP contribution in [0.2, 0.25) is 0 Å². The minimum Gasteiger partial charge on any atom is -0.0502 e. The molecule has 2 rings (SSSR count). The minimum absolute atomic E-state index is 0.0590. The Morgan fingerprint density at radius 2 is 2.43 bits per heavy atom. The molecule has 3 atom stereocenters. The summed E-state index contributed by atoms with van der Waals surface area (Å²) in [6, 6.07) is 0. The Kier molecular flexibility index (Phi) is 0.446. The van der Waals surface area contributed by atoms with Gasteiger partial charge in [-0.05, 0) is 18.2 Å². The lowest BCUT2D eigenvalue weighted by Crippen LogP contribution is -1.90. The fourth-order valence-electron chi connectivity index (χ4n) is 1.68. The monoisotopic (exact) mass is 98.1 g/mol. The van der Waals surface area contributed by atoms with E-state index in [4.69, 9.17) is 2.74 Å². The summed E-state index contributed by atoms with van der Waals surface area (Å²) in [5, 5.41) is 0. The van der Waals surface area contributed by atoms with Gasteiger partial charge in [0.05, 0.1) is 0 Å². The fourth-order valence-corrected chi connectivity index (χ4v) is 1.68. The zero-order valence-electron chi connectivity index (χ0n) is 6.48. The molecule has 0 heteroatoms. The van der Waals surface area contributed by atoms with Crippen LogP contribution in [-0.4, -0.2) is 0 Å². The zero-order chi connectivity index (χ0) is 6.48. The van der Waals surface area contributed by atoms with Crippen LogP contribution in [0.3, 0.4) is 0 Å². The second-order valence-electron chi connectivity index (χ2n) is 2.71. The second-order valence-corrected chi connectivity index (χ2v) is 2.71. The van der Waals surface area contributed by atoms with Gasteiger partial charge < -0.3 is 0 Å². The summed E-state index contributed by atoms with van der Waals surface area (Å²) in [5.41, 5.74) is 0. The Bertz CT molecular complexity index is 135. The third kappa shape index (κ3) is 0.490. The molecule has 0 aliphatic heterocycles. The molecule has 40 valence electrons. The van der Waals surface area contributed by atoms with E-state index in [1.807, 2.05) is 0 Å². The first-order valence-electron chi connectivity index (χ1n) is 4.21. The van der Waals surface area contributed by atoms with Crippen LogP contribution in [0.4, 0.5) is 0 Å². The van der Waals surface area contributed by atoms with E-state index in [0.29, 0.717) is 0 Å². The molecule has 0 aromatic rings. The lowest BCUT2D eigenvalue weighted by atomic mass is 10.0. The molecule has 0 amide bonds. The normalized spacial score (nSPS) is 73.1. The van der Waals surface area contributed by atoms with Crippen molar-refractivity contribution in [1.82, 2.24) is 0 Å². The number of hydrogen-bond acceptors (Lipinski definition) is 0. The highest BCUT2D eigenvalue weighted by Crippen LogP contribution is 2.43. The summed E-state index contributed by atoms with van der Waals surface area (Å²) < 4.78 is 15.3. The first kappa shape index (κ1) is 2.52. The Hall–Kier alpha value is 0. The van der Waals surface area contributed by atoms with Gasteiger partial charge in [-0.25, -0.2) is 0 Å². The molecule has 0 heterocycles. The summed E-state index contributed by atoms with van der Waals surface area (Å²) in [7, 11) is 0. The Morgan fingerprint density at radius 1 is 1.43 bits per heavy atom. The van der Waals surface area contributed by atoms with Crippen LogP contribution in [0.25, 0.3) is 0 Å². The predicted octanol–water partition coefficient (Wildman–Crippen LogP) is 2.20. The second kappa shape index (κ2) is 1.24. The van der Waals surface area contributed by atoms with Crippen LogP contribution in [-0.2, 0) is 0 Å². The molecule has 0 N–H and O–H groups in total. The molecule has 0 nitrogen and oxygen atoms in total. The van der Waals surface area contributed by atoms with Gasteiger partial charge in [-0.2, -0.15) is 0 Å². The van der Waals surface area contributed by atoms with Gasteiger partial charge in [-0.15, -0.1) is 0 Å². The van der Waals surface area contributed by atoms with E-state index in [0.717, 1.165) is 25.2 Å². The predicted molar refractivity (Wildman–Crippen MR) is 30.1 cm³/mol. The first-order chi connectivity index (χ1) is 4.21. The van der Waals surface area contributed by atoms with E-state index < -0.39 is 0 Å². The van der Waals surface area contributed by atoms with Gasteiger partial charge in [0.1, 0.15) is 0 Å². The molecule has 0 spiro atoms. The molecule has 0 saturated heterocycles. The Morgan fingerprint density at radius 3 is 2.71 bits per heavy atom. The van der Waals surface area contributed by atoms with E-state index in [9.17, 15) is 0 Å². The topological polar surface area (TPSA) is 0 Å². The van der Waals surface area contributed by atoms with Crippen molar-refractivity contribution in [3.63, 3.8) is 0 Å². The van der Waals surface area contributed by atoms with Crippen LogP contribution in [0.1, 0.15) is 34.8 Å². The van der Waals surface area contributed by atoms with E-state index in [1.54, 1.807) is 0 Å². The van der Waals surface area contributed by atoms with Crippen molar-refractivity contribution in [3.8, 4) is 0 Å². The molecule has 3 unspecified atom stereocenters. The van der Waals surface area contributed by atoms with Gasteiger partial charge in [0, 0.05) is 2.74 Å². The van der Waals surface area contributed by atoms with Gasteiger partial charge in [0.15, 0.2) is 0 Å². The van der Waals surface area contributed by atoms with E-state index >= 15 is 0 Å². The van der Waals surface area contributed by atoms with E-state index in [2.05, 4.69) is 0 Å². The average Bonchev–Trinajstić information content (AvgIpc) is 2.22. The van der Waals surface area contributed by atoms with Gasteiger partial charge in [-0.1, -0.05) is 25.7 Å². The van der Waals surface area contributed by atoms with Crippen molar-refractivity contribution >= 4 is 0 Å². The van der Waals surface area contributed by atoms with Gasteiger partial charge in [0.25, 0.3) is 0 Å². The molecule has 2 aliphatic carbocycles. The Balaban J connectivity index is 2.22.